The van der Waals surface area contributed by atoms with Crippen molar-refractivity contribution in [2.75, 3.05) is 0 Å². The second-order valence-electron chi connectivity index (χ2n) is 28.3. The van der Waals surface area contributed by atoms with Gasteiger partial charge < -0.3 is 0 Å². The number of aromatic nitrogens is 10. The van der Waals surface area contributed by atoms with Crippen LogP contribution in [0.15, 0.2) is 364 Å². The van der Waals surface area contributed by atoms with Crippen molar-refractivity contribution in [1.82, 2.24) is 49.8 Å². The zero-order valence-corrected chi connectivity index (χ0v) is 67.6. The summed E-state index contributed by atoms with van der Waals surface area (Å²) in [5.74, 6) is 3.03. The summed E-state index contributed by atoms with van der Waals surface area (Å²) >= 11 is 24.4. The molecule has 564 valence electrons. The summed E-state index contributed by atoms with van der Waals surface area (Å²) in [6.45, 7) is 0. The van der Waals surface area contributed by atoms with Crippen LogP contribution in [0.2, 0.25) is 15.9 Å². The predicted octanol–water partition coefficient (Wildman–Crippen LogP) is 29.4. The average Bonchev–Trinajstić information content (AvgIpc) is 1.61. The average molecular weight is 1650 g/mol. The molecule has 119 heavy (non-hydrogen) atoms. The van der Waals surface area contributed by atoms with Gasteiger partial charge in [-0.3, -0.25) is 4.98 Å². The van der Waals surface area contributed by atoms with E-state index < -0.39 is 0 Å². The third-order valence-corrected chi connectivity index (χ3v) is 25.1. The van der Waals surface area contributed by atoms with Gasteiger partial charge in [-0.05, 0) is 151 Å². The highest BCUT2D eigenvalue weighted by Crippen LogP contribution is 2.48. The van der Waals surface area contributed by atoms with Gasteiger partial charge in [0, 0.05) is 117 Å². The first kappa shape index (κ1) is 74.0. The molecule has 10 nitrogen and oxygen atoms in total. The van der Waals surface area contributed by atoms with Crippen molar-refractivity contribution in [3.63, 3.8) is 0 Å². The fourth-order valence-electron chi connectivity index (χ4n) is 15.4. The number of benzene rings is 15. The Hall–Kier alpha value is -13.8. The largest absolute Gasteiger partial charge is 0.256 e. The number of nitrogens with zero attached hydrogens (tertiary/aromatic N) is 10. The highest BCUT2D eigenvalue weighted by Gasteiger charge is 2.22. The zero-order valence-electron chi connectivity index (χ0n) is 62.8. The molecule has 0 saturated carbocycles. The van der Waals surface area contributed by atoms with E-state index in [9.17, 15) is 4.39 Å². The number of pyridine rings is 1. The molecule has 0 spiro atoms. The normalized spacial score (nSPS) is 11.4. The van der Waals surface area contributed by atoms with Crippen LogP contribution >= 0.6 is 68.8 Å². The van der Waals surface area contributed by atoms with E-state index in [0.29, 0.717) is 34.9 Å². The van der Waals surface area contributed by atoms with Crippen molar-refractivity contribution in [3.8, 4) is 135 Å². The van der Waals surface area contributed by atoms with Crippen LogP contribution in [0.4, 0.5) is 4.39 Å². The van der Waals surface area contributed by atoms with Gasteiger partial charge in [-0.1, -0.05) is 297 Å². The Labute approximate surface area is 709 Å². The minimum Gasteiger partial charge on any atom is -0.256 e. The van der Waals surface area contributed by atoms with Crippen LogP contribution in [-0.2, 0) is 0 Å². The van der Waals surface area contributed by atoms with E-state index in [1.165, 1.54) is 97.5 Å². The molecule has 7 aromatic heterocycles. The molecular formula is C102H60Cl3FN10S3. The molecule has 7 heterocycles. The maximum absolute atomic E-state index is 14.1. The Morgan fingerprint density at radius 3 is 1.26 bits per heavy atom. The summed E-state index contributed by atoms with van der Waals surface area (Å²) in [6, 6.07) is 121. The first-order chi connectivity index (χ1) is 58.6. The molecule has 0 fully saturated rings. The molecule has 17 heteroatoms. The maximum Gasteiger partial charge on any atom is 0.226 e. The SMILES string of the molecule is Clc1nc(-c2ccc(-c3ccccc3)cc2)nc(-c2cccc3c2sc2c(-c4ccccc4)cccc23)n1.Clc1nc(-c2ccccc2)nc(-c2ccc3sc4cc(-c5cccc(-c6ccccc6)c5)c5ccccc5c4c3c2)n1.Fc1cccc(-c2ncccc2-c2cccc3c2sc2cc(-c4nc(Cl)nc(-c5ccccc5)n4)ccc23)c1. The molecular weight excluding hydrogens is 1590 g/mol. The highest BCUT2D eigenvalue weighted by molar-refractivity contribution is 7.27. The van der Waals surface area contributed by atoms with Gasteiger partial charge in [0.2, 0.25) is 15.9 Å². The fourth-order valence-corrected chi connectivity index (χ4v) is 19.7. The second kappa shape index (κ2) is 32.4. The van der Waals surface area contributed by atoms with E-state index in [4.69, 9.17) is 49.8 Å². The summed E-state index contributed by atoms with van der Waals surface area (Å²) in [4.78, 5) is 45.6. The number of hydrogen-bond acceptors (Lipinski definition) is 13. The lowest BCUT2D eigenvalue weighted by atomic mass is 9.93. The molecule has 0 amide bonds. The third-order valence-electron chi connectivity index (χ3n) is 21.0. The number of rotatable bonds is 12. The van der Waals surface area contributed by atoms with E-state index in [-0.39, 0.29) is 21.7 Å². The Morgan fingerprint density at radius 1 is 0.210 bits per heavy atom. The van der Waals surface area contributed by atoms with Crippen molar-refractivity contribution in [2.45, 2.75) is 0 Å². The van der Waals surface area contributed by atoms with E-state index in [0.717, 1.165) is 86.2 Å². The molecule has 0 unspecified atom stereocenters. The lowest BCUT2D eigenvalue weighted by molar-refractivity contribution is 0.628. The van der Waals surface area contributed by atoms with Crippen LogP contribution < -0.4 is 0 Å². The van der Waals surface area contributed by atoms with Crippen LogP contribution in [0.3, 0.4) is 0 Å². The molecule has 0 N–H and O–H groups in total. The maximum atomic E-state index is 14.1. The van der Waals surface area contributed by atoms with Gasteiger partial charge in [-0.25, -0.2) is 19.3 Å². The number of hydrogen-bond donors (Lipinski definition) is 0. The van der Waals surface area contributed by atoms with Gasteiger partial charge in [-0.2, -0.15) is 29.9 Å². The van der Waals surface area contributed by atoms with Crippen LogP contribution in [0.5, 0.6) is 0 Å². The van der Waals surface area contributed by atoms with Crippen molar-refractivity contribution >= 4 is 140 Å². The topological polar surface area (TPSA) is 129 Å². The molecule has 0 saturated heterocycles. The van der Waals surface area contributed by atoms with Gasteiger partial charge in [-0.15, -0.1) is 34.0 Å². The minimum atomic E-state index is -0.287. The monoisotopic (exact) mass is 1640 g/mol. The van der Waals surface area contributed by atoms with Gasteiger partial charge in [0.05, 0.1) is 5.69 Å². The molecule has 0 bridgehead atoms. The van der Waals surface area contributed by atoms with E-state index in [1.807, 2.05) is 133 Å². The third kappa shape index (κ3) is 14.9. The predicted molar refractivity (Wildman–Crippen MR) is 494 cm³/mol. The zero-order chi connectivity index (χ0) is 79.9. The van der Waals surface area contributed by atoms with Gasteiger partial charge >= 0.3 is 0 Å². The van der Waals surface area contributed by atoms with Crippen molar-refractivity contribution in [2.24, 2.45) is 0 Å². The summed E-state index contributed by atoms with van der Waals surface area (Å²) in [7, 11) is 0. The van der Waals surface area contributed by atoms with Crippen LogP contribution in [0.25, 0.3) is 207 Å². The number of thiophene rings is 3. The van der Waals surface area contributed by atoms with Crippen LogP contribution in [-0.4, -0.2) is 49.8 Å². The molecule has 0 aliphatic carbocycles. The number of halogens is 4. The molecule has 0 atom stereocenters. The summed E-state index contributed by atoms with van der Waals surface area (Å²) in [6.07, 6.45) is 1.74. The lowest BCUT2D eigenvalue weighted by Crippen LogP contribution is -1.97. The molecule has 0 aliphatic heterocycles. The van der Waals surface area contributed by atoms with E-state index >= 15 is 0 Å². The van der Waals surface area contributed by atoms with Gasteiger partial charge in [0.15, 0.2) is 34.9 Å². The van der Waals surface area contributed by atoms with Gasteiger partial charge in [0.1, 0.15) is 5.82 Å². The van der Waals surface area contributed by atoms with E-state index in [2.05, 4.69) is 253 Å². The summed E-state index contributed by atoms with van der Waals surface area (Å²) in [5.41, 5.74) is 18.5. The molecule has 15 aromatic carbocycles. The summed E-state index contributed by atoms with van der Waals surface area (Å²) in [5, 5.41) is 10.1. The summed E-state index contributed by atoms with van der Waals surface area (Å²) < 4.78 is 21.1. The highest BCUT2D eigenvalue weighted by atomic mass is 35.5. The first-order valence-corrected chi connectivity index (χ1v) is 41.9. The standard InChI is InChI=1S/C37H22ClN3S.C33H20ClN3S.C32H18ClFN4S/c38-37-40-35(24-12-5-2-6-13-24)39-36(41-37)27-18-19-32-31(21-27)34-29-17-8-7-16-28(29)30(22-33(34)42-32)26-15-9-14-25(20-26)23-10-3-1-4-11-23;34-33-36-31(24-19-17-22(18-20-24)21-9-3-1-4-10-21)35-32(37-33)28-16-8-15-27-26-14-7-13-25(29(26)38-30(27)28)23-11-5-2-6-12-23;33-32-37-30(19-7-2-1-3-8-19)36-31(38-32)21-14-15-23-25-11-5-12-26(29(25)39-27(23)18-21)24-13-6-16-35-28(24)20-9-4-10-22(34)17-20/h1-22H;1-20H;1-18H. The Morgan fingerprint density at radius 2 is 0.630 bits per heavy atom. The Bertz CT molecular complexity index is 7610. The molecule has 22 aromatic rings. The van der Waals surface area contributed by atoms with Crippen molar-refractivity contribution in [1.29, 1.82) is 0 Å². The fraction of sp³-hybridized carbons (Fsp3) is 0. The first-order valence-electron chi connectivity index (χ1n) is 38.3. The van der Waals surface area contributed by atoms with Crippen LogP contribution in [0.1, 0.15) is 0 Å². The second-order valence-corrected chi connectivity index (χ2v) is 32.4. The Balaban J connectivity index is 0.000000114. The molecule has 0 radical (unpaired) electrons. The number of fused-ring (bicyclic) bond motifs is 11. The van der Waals surface area contributed by atoms with Crippen LogP contribution in [0, 0.1) is 5.82 Å². The quantitative estimate of drug-likeness (QED) is 0.117. The Kier molecular flexibility index (Phi) is 20.1. The molecule has 0 aliphatic rings. The lowest BCUT2D eigenvalue weighted by Gasteiger charge is -2.11. The van der Waals surface area contributed by atoms with Gasteiger partial charge in [0.25, 0.3) is 0 Å². The van der Waals surface area contributed by atoms with Crippen molar-refractivity contribution < 1.29 is 4.39 Å². The van der Waals surface area contributed by atoms with E-state index in [1.54, 1.807) is 34.9 Å². The van der Waals surface area contributed by atoms with Crippen molar-refractivity contribution in [3.05, 3.63) is 386 Å². The molecule has 22 rings (SSSR count). The minimum absolute atomic E-state index is 0.152. The smallest absolute Gasteiger partial charge is 0.226 e.